The van der Waals surface area contributed by atoms with Crippen LogP contribution in [0.15, 0.2) is 46.5 Å². The normalized spacial score (nSPS) is 24.0. The summed E-state index contributed by atoms with van der Waals surface area (Å²) in [5.41, 5.74) is 1.74. The molecule has 0 spiro atoms. The van der Waals surface area contributed by atoms with Gasteiger partial charge in [-0.3, -0.25) is 14.4 Å². The van der Waals surface area contributed by atoms with E-state index in [-0.39, 0.29) is 6.04 Å². The van der Waals surface area contributed by atoms with Crippen molar-refractivity contribution in [1.29, 1.82) is 0 Å². The van der Waals surface area contributed by atoms with Gasteiger partial charge >= 0.3 is 0 Å². The Labute approximate surface area is 141 Å². The molecule has 0 radical (unpaired) electrons. The molecule has 24 heavy (non-hydrogen) atoms. The molecule has 0 amide bonds. The molecule has 0 aliphatic carbocycles. The van der Waals surface area contributed by atoms with Crippen LogP contribution in [0.25, 0.3) is 0 Å². The van der Waals surface area contributed by atoms with Gasteiger partial charge in [-0.25, -0.2) is 8.42 Å². The second-order valence-electron chi connectivity index (χ2n) is 6.19. The van der Waals surface area contributed by atoms with E-state index in [1.54, 1.807) is 22.9 Å². The molecule has 2 aliphatic heterocycles. The van der Waals surface area contributed by atoms with Crippen molar-refractivity contribution in [3.63, 3.8) is 0 Å². The maximum Gasteiger partial charge on any atom is 0.263 e. The summed E-state index contributed by atoms with van der Waals surface area (Å²) in [6, 6.07) is 7.03. The molecule has 1 atom stereocenters. The Kier molecular flexibility index (Phi) is 3.56. The van der Waals surface area contributed by atoms with E-state index in [4.69, 9.17) is 4.99 Å². The Bertz CT molecular complexity index is 903. The summed E-state index contributed by atoms with van der Waals surface area (Å²) in [6.07, 6.45) is 5.81. The predicted molar refractivity (Wildman–Crippen MR) is 91.7 cm³/mol. The summed E-state index contributed by atoms with van der Waals surface area (Å²) in [5.74, 6) is 0.462. The molecule has 0 bridgehead atoms. The van der Waals surface area contributed by atoms with Crippen LogP contribution in [0.4, 0.5) is 5.69 Å². The van der Waals surface area contributed by atoms with Crippen molar-refractivity contribution in [2.24, 2.45) is 12.0 Å². The maximum atomic E-state index is 12.2. The van der Waals surface area contributed by atoms with E-state index >= 15 is 0 Å². The van der Waals surface area contributed by atoms with Crippen molar-refractivity contribution in [2.45, 2.75) is 23.8 Å². The fourth-order valence-corrected chi connectivity index (χ4v) is 4.52. The highest BCUT2D eigenvalue weighted by molar-refractivity contribution is 7.90. The molecule has 126 valence electrons. The molecule has 1 fully saturated rings. The van der Waals surface area contributed by atoms with Gasteiger partial charge in [-0.05, 0) is 25.0 Å². The molecule has 1 aromatic carbocycles. The summed E-state index contributed by atoms with van der Waals surface area (Å²) < 4.78 is 28.7. The first-order valence-electron chi connectivity index (χ1n) is 7.96. The standard InChI is InChI=1S/C16H19N5O2S/c1-20-11-13(9-17-20)21-8-4-5-12(10-21)18-16-14-6-2-3-7-15(14)24(22,23)19-16/h2-3,6-7,9,11-12H,4-5,8,10H2,1H3,(H,18,19). The minimum absolute atomic E-state index is 0.0582. The molecule has 1 unspecified atom stereocenters. The number of aromatic nitrogens is 2. The highest BCUT2D eigenvalue weighted by Gasteiger charge is 2.31. The number of amidine groups is 1. The van der Waals surface area contributed by atoms with E-state index in [0.29, 0.717) is 16.3 Å². The van der Waals surface area contributed by atoms with Crippen molar-refractivity contribution in [3.05, 3.63) is 42.2 Å². The smallest absolute Gasteiger partial charge is 0.263 e. The quantitative estimate of drug-likeness (QED) is 0.885. The number of piperidine rings is 1. The van der Waals surface area contributed by atoms with Crippen LogP contribution < -0.4 is 9.62 Å². The van der Waals surface area contributed by atoms with Gasteiger partial charge in [0.1, 0.15) is 5.84 Å². The Balaban J connectivity index is 1.60. The Morgan fingerprint density at radius 1 is 1.33 bits per heavy atom. The summed E-state index contributed by atoms with van der Waals surface area (Å²) >= 11 is 0. The van der Waals surface area contributed by atoms with Gasteiger partial charge in [0.2, 0.25) is 0 Å². The van der Waals surface area contributed by atoms with Crippen molar-refractivity contribution >= 4 is 21.5 Å². The number of nitrogens with zero attached hydrogens (tertiary/aromatic N) is 4. The lowest BCUT2D eigenvalue weighted by Crippen LogP contribution is -2.38. The molecule has 0 saturated carbocycles. The third kappa shape index (κ3) is 2.66. The van der Waals surface area contributed by atoms with Crippen LogP contribution in [-0.4, -0.2) is 43.2 Å². The minimum Gasteiger partial charge on any atom is -0.367 e. The van der Waals surface area contributed by atoms with Crippen molar-refractivity contribution in [1.82, 2.24) is 14.5 Å². The van der Waals surface area contributed by atoms with Gasteiger partial charge in [-0.1, -0.05) is 12.1 Å². The molecule has 3 heterocycles. The summed E-state index contributed by atoms with van der Waals surface area (Å²) in [6.45, 7) is 1.73. The largest absolute Gasteiger partial charge is 0.367 e. The lowest BCUT2D eigenvalue weighted by atomic mass is 10.1. The fraction of sp³-hybridized carbons (Fsp3) is 0.375. The third-order valence-corrected chi connectivity index (χ3v) is 5.82. The van der Waals surface area contributed by atoms with Gasteiger partial charge in [0.25, 0.3) is 10.0 Å². The van der Waals surface area contributed by atoms with Gasteiger partial charge in [-0.2, -0.15) is 5.10 Å². The number of hydrogen-bond acceptors (Lipinski definition) is 5. The van der Waals surface area contributed by atoms with E-state index in [2.05, 4.69) is 14.7 Å². The zero-order valence-corrected chi connectivity index (χ0v) is 14.2. The van der Waals surface area contributed by atoms with Crippen molar-refractivity contribution in [3.8, 4) is 0 Å². The number of anilines is 1. The molecule has 8 heteroatoms. The first kappa shape index (κ1) is 15.2. The summed E-state index contributed by atoms with van der Waals surface area (Å²) in [4.78, 5) is 7.27. The topological polar surface area (TPSA) is 79.6 Å². The molecule has 4 rings (SSSR count). The van der Waals surface area contributed by atoms with Gasteiger partial charge in [0.15, 0.2) is 0 Å². The van der Waals surface area contributed by atoms with Gasteiger partial charge in [-0.15, -0.1) is 0 Å². The number of benzene rings is 1. The Hall–Kier alpha value is -2.35. The number of rotatable bonds is 2. The van der Waals surface area contributed by atoms with Crippen LogP contribution in [-0.2, 0) is 17.1 Å². The Morgan fingerprint density at radius 2 is 2.17 bits per heavy atom. The van der Waals surface area contributed by atoms with Crippen molar-refractivity contribution in [2.75, 3.05) is 18.0 Å². The average molecular weight is 345 g/mol. The van der Waals surface area contributed by atoms with Crippen molar-refractivity contribution < 1.29 is 8.42 Å². The van der Waals surface area contributed by atoms with Crippen LogP contribution in [0.3, 0.4) is 0 Å². The third-order valence-electron chi connectivity index (χ3n) is 4.43. The fourth-order valence-electron chi connectivity index (χ4n) is 3.28. The predicted octanol–water partition coefficient (Wildman–Crippen LogP) is 1.13. The van der Waals surface area contributed by atoms with Crippen LogP contribution in [0, 0.1) is 0 Å². The second kappa shape index (κ2) is 5.62. The molecular weight excluding hydrogens is 326 g/mol. The molecule has 1 aromatic heterocycles. The lowest BCUT2D eigenvalue weighted by molar-refractivity contribution is 0.507. The highest BCUT2D eigenvalue weighted by Crippen LogP contribution is 2.25. The summed E-state index contributed by atoms with van der Waals surface area (Å²) in [7, 11) is -1.58. The van der Waals surface area contributed by atoms with Gasteiger partial charge in [0.05, 0.1) is 22.8 Å². The molecule has 7 nitrogen and oxygen atoms in total. The zero-order chi connectivity index (χ0) is 16.7. The molecular formula is C16H19N5O2S. The minimum atomic E-state index is -3.48. The SMILES string of the molecule is Cn1cc(N2CCCC(N=C3NS(=O)(=O)c4ccccc43)C2)cn1. The van der Waals surface area contributed by atoms with Crippen LogP contribution >= 0.6 is 0 Å². The number of aliphatic imine (C=N–C) groups is 1. The molecule has 2 aromatic rings. The van der Waals surface area contributed by atoms with E-state index in [9.17, 15) is 8.42 Å². The Morgan fingerprint density at radius 3 is 2.96 bits per heavy atom. The van der Waals surface area contributed by atoms with E-state index in [1.807, 2.05) is 25.5 Å². The van der Waals surface area contributed by atoms with Crippen LogP contribution in [0.5, 0.6) is 0 Å². The van der Waals surface area contributed by atoms with Crippen LogP contribution in [0.1, 0.15) is 18.4 Å². The monoisotopic (exact) mass is 345 g/mol. The molecule has 1 N–H and O–H groups in total. The van der Waals surface area contributed by atoms with E-state index < -0.39 is 10.0 Å². The number of sulfonamides is 1. The first-order valence-corrected chi connectivity index (χ1v) is 9.45. The lowest BCUT2D eigenvalue weighted by Gasteiger charge is -2.31. The average Bonchev–Trinajstić information content (AvgIpc) is 3.10. The molecule has 2 aliphatic rings. The second-order valence-corrected chi connectivity index (χ2v) is 7.84. The summed E-state index contributed by atoms with van der Waals surface area (Å²) in [5, 5.41) is 4.22. The first-order chi connectivity index (χ1) is 11.5. The number of nitrogens with one attached hydrogen (secondary N) is 1. The highest BCUT2D eigenvalue weighted by atomic mass is 32.2. The number of aryl methyl sites for hydroxylation is 1. The van der Waals surface area contributed by atoms with Crippen LogP contribution in [0.2, 0.25) is 0 Å². The molecule has 1 saturated heterocycles. The maximum absolute atomic E-state index is 12.2. The van der Waals surface area contributed by atoms with E-state index in [0.717, 1.165) is 31.6 Å². The van der Waals surface area contributed by atoms with E-state index in [1.165, 1.54) is 0 Å². The van der Waals surface area contributed by atoms with Gasteiger partial charge < -0.3 is 4.90 Å². The zero-order valence-electron chi connectivity index (χ0n) is 13.4. The van der Waals surface area contributed by atoms with Gasteiger partial charge in [0, 0.05) is 31.9 Å². The number of fused-ring (bicyclic) bond motifs is 1. The number of hydrogen-bond donors (Lipinski definition) is 1.